The molecule has 0 saturated heterocycles. The SMILES string of the molecule is COCC=Cc1cc(O)c2c(c1)C(CO)C(c1ccc(O)c(OC)c1)O2. The molecule has 0 saturated carbocycles. The number of methoxy groups -OCH3 is 2. The van der Waals surface area contributed by atoms with Crippen molar-refractivity contribution in [1.82, 2.24) is 0 Å². The van der Waals surface area contributed by atoms with Crippen LogP contribution in [0, 0.1) is 0 Å². The Kier molecular flexibility index (Phi) is 5.35. The Balaban J connectivity index is 1.97. The number of fused-ring (bicyclic) bond motifs is 1. The molecule has 6 heteroatoms. The summed E-state index contributed by atoms with van der Waals surface area (Å²) in [6, 6.07) is 8.41. The van der Waals surface area contributed by atoms with E-state index in [9.17, 15) is 15.3 Å². The molecule has 2 aromatic carbocycles. The van der Waals surface area contributed by atoms with Gasteiger partial charge in [0, 0.05) is 12.7 Å². The van der Waals surface area contributed by atoms with Gasteiger partial charge in [-0.15, -0.1) is 0 Å². The van der Waals surface area contributed by atoms with E-state index in [0.29, 0.717) is 18.1 Å². The number of ether oxygens (including phenoxy) is 3. The summed E-state index contributed by atoms with van der Waals surface area (Å²) in [5, 5.41) is 30.1. The third-order valence-corrected chi connectivity index (χ3v) is 4.43. The zero-order chi connectivity index (χ0) is 18.7. The van der Waals surface area contributed by atoms with Crippen LogP contribution >= 0.6 is 0 Å². The van der Waals surface area contributed by atoms with Gasteiger partial charge in [-0.05, 0) is 35.4 Å². The number of aromatic hydroxyl groups is 2. The van der Waals surface area contributed by atoms with E-state index in [1.54, 1.807) is 25.3 Å². The van der Waals surface area contributed by atoms with Crippen LogP contribution in [0.2, 0.25) is 0 Å². The van der Waals surface area contributed by atoms with Gasteiger partial charge < -0.3 is 29.5 Å². The normalized spacial score (nSPS) is 18.7. The molecule has 6 nitrogen and oxygen atoms in total. The Labute approximate surface area is 151 Å². The van der Waals surface area contributed by atoms with Gasteiger partial charge in [-0.1, -0.05) is 18.2 Å². The van der Waals surface area contributed by atoms with E-state index in [4.69, 9.17) is 14.2 Å². The summed E-state index contributed by atoms with van der Waals surface area (Å²) >= 11 is 0. The van der Waals surface area contributed by atoms with Crippen LogP contribution in [0.3, 0.4) is 0 Å². The van der Waals surface area contributed by atoms with Crippen LogP contribution in [-0.4, -0.2) is 42.8 Å². The molecule has 0 radical (unpaired) electrons. The number of phenols is 2. The number of hydrogen-bond acceptors (Lipinski definition) is 6. The first kappa shape index (κ1) is 18.1. The van der Waals surface area contributed by atoms with Crippen molar-refractivity contribution in [1.29, 1.82) is 0 Å². The Morgan fingerprint density at radius 3 is 2.62 bits per heavy atom. The van der Waals surface area contributed by atoms with Crippen molar-refractivity contribution in [2.75, 3.05) is 27.4 Å². The molecule has 1 heterocycles. The van der Waals surface area contributed by atoms with Crippen molar-refractivity contribution in [2.24, 2.45) is 0 Å². The van der Waals surface area contributed by atoms with Crippen LogP contribution in [0.5, 0.6) is 23.0 Å². The summed E-state index contributed by atoms with van der Waals surface area (Å²) in [5.74, 6) is 0.393. The van der Waals surface area contributed by atoms with Gasteiger partial charge in [-0.3, -0.25) is 0 Å². The largest absolute Gasteiger partial charge is 0.504 e. The Bertz CT molecular complexity index is 814. The van der Waals surface area contributed by atoms with Crippen LogP contribution in [0.25, 0.3) is 6.08 Å². The molecular weight excluding hydrogens is 336 g/mol. The molecule has 1 aliphatic rings. The summed E-state index contributed by atoms with van der Waals surface area (Å²) in [4.78, 5) is 0. The van der Waals surface area contributed by atoms with Crippen molar-refractivity contribution >= 4 is 6.08 Å². The summed E-state index contributed by atoms with van der Waals surface area (Å²) in [6.45, 7) is 0.319. The predicted molar refractivity (Wildman–Crippen MR) is 96.9 cm³/mol. The van der Waals surface area contributed by atoms with Gasteiger partial charge in [0.2, 0.25) is 0 Å². The number of aliphatic hydroxyl groups excluding tert-OH is 1. The highest BCUT2D eigenvalue weighted by atomic mass is 16.5. The standard InChI is InChI=1S/C20H22O6/c1-24-7-3-4-12-8-14-15(11-21)19(26-20(14)17(23)9-12)13-5-6-16(22)18(10-13)25-2/h3-6,8-10,15,19,21-23H,7,11H2,1-2H3. The van der Waals surface area contributed by atoms with Crippen LogP contribution in [0.1, 0.15) is 28.7 Å². The van der Waals surface area contributed by atoms with Crippen LogP contribution in [0.4, 0.5) is 0 Å². The highest BCUT2D eigenvalue weighted by molar-refractivity contribution is 5.62. The fourth-order valence-corrected chi connectivity index (χ4v) is 3.18. The lowest BCUT2D eigenvalue weighted by atomic mass is 9.90. The minimum absolute atomic E-state index is 0.0197. The molecule has 1 aliphatic heterocycles. The number of benzene rings is 2. The van der Waals surface area contributed by atoms with Crippen molar-refractivity contribution in [2.45, 2.75) is 12.0 Å². The zero-order valence-electron chi connectivity index (χ0n) is 14.7. The van der Waals surface area contributed by atoms with Crippen LogP contribution in [-0.2, 0) is 4.74 Å². The average Bonchev–Trinajstić information content (AvgIpc) is 3.01. The third-order valence-electron chi connectivity index (χ3n) is 4.43. The van der Waals surface area contributed by atoms with Gasteiger partial charge in [0.05, 0.1) is 26.2 Å². The number of phenolic OH excluding ortho intramolecular Hbond substituents is 2. The second-order valence-corrected chi connectivity index (χ2v) is 6.07. The number of hydrogen-bond donors (Lipinski definition) is 3. The predicted octanol–water partition coefficient (Wildman–Crippen LogP) is 2.98. The summed E-state index contributed by atoms with van der Waals surface area (Å²) in [6.07, 6.45) is 3.19. The van der Waals surface area contributed by atoms with Gasteiger partial charge in [-0.2, -0.15) is 0 Å². The highest BCUT2D eigenvalue weighted by Crippen LogP contribution is 2.51. The molecule has 2 atom stereocenters. The molecule has 0 aliphatic carbocycles. The molecule has 2 aromatic rings. The monoisotopic (exact) mass is 358 g/mol. The van der Waals surface area contributed by atoms with E-state index in [-0.39, 0.29) is 24.0 Å². The van der Waals surface area contributed by atoms with E-state index in [1.807, 2.05) is 18.2 Å². The summed E-state index contributed by atoms with van der Waals surface area (Å²) in [5.41, 5.74) is 2.27. The maximum absolute atomic E-state index is 10.4. The van der Waals surface area contributed by atoms with Crippen LogP contribution < -0.4 is 9.47 Å². The fourth-order valence-electron chi connectivity index (χ4n) is 3.18. The molecule has 3 N–H and O–H groups in total. The maximum atomic E-state index is 10.4. The van der Waals surface area contributed by atoms with Crippen molar-refractivity contribution < 1.29 is 29.5 Å². The first-order valence-electron chi connectivity index (χ1n) is 8.25. The Morgan fingerprint density at radius 1 is 1.12 bits per heavy atom. The average molecular weight is 358 g/mol. The maximum Gasteiger partial charge on any atom is 0.165 e. The van der Waals surface area contributed by atoms with Crippen LogP contribution in [0.15, 0.2) is 36.4 Å². The molecule has 0 fully saturated rings. The molecule has 26 heavy (non-hydrogen) atoms. The lowest BCUT2D eigenvalue weighted by Gasteiger charge is -2.18. The molecule has 138 valence electrons. The molecule has 0 amide bonds. The quantitative estimate of drug-likeness (QED) is 0.736. The summed E-state index contributed by atoms with van der Waals surface area (Å²) in [7, 11) is 3.08. The molecule has 0 aromatic heterocycles. The highest BCUT2D eigenvalue weighted by Gasteiger charge is 2.37. The molecule has 0 spiro atoms. The van der Waals surface area contributed by atoms with Crippen molar-refractivity contribution in [3.63, 3.8) is 0 Å². The van der Waals surface area contributed by atoms with Gasteiger partial charge in [0.1, 0.15) is 6.10 Å². The molecular formula is C20H22O6. The lowest BCUT2D eigenvalue weighted by molar-refractivity contribution is 0.157. The zero-order valence-corrected chi connectivity index (χ0v) is 14.7. The van der Waals surface area contributed by atoms with Gasteiger partial charge in [0.25, 0.3) is 0 Å². The van der Waals surface area contributed by atoms with Crippen molar-refractivity contribution in [3.05, 3.63) is 53.1 Å². The van der Waals surface area contributed by atoms with E-state index in [2.05, 4.69) is 0 Å². The molecule has 0 bridgehead atoms. The Morgan fingerprint density at radius 2 is 1.92 bits per heavy atom. The fraction of sp³-hybridized carbons (Fsp3) is 0.300. The van der Waals surface area contributed by atoms with Crippen molar-refractivity contribution in [3.8, 4) is 23.0 Å². The molecule has 2 unspecified atom stereocenters. The van der Waals surface area contributed by atoms with E-state index >= 15 is 0 Å². The van der Waals surface area contributed by atoms with E-state index < -0.39 is 6.10 Å². The second-order valence-electron chi connectivity index (χ2n) is 6.07. The minimum atomic E-state index is -0.492. The number of aliphatic hydroxyl groups is 1. The van der Waals surface area contributed by atoms with Gasteiger partial charge in [-0.25, -0.2) is 0 Å². The van der Waals surface area contributed by atoms with Gasteiger partial charge in [0.15, 0.2) is 23.0 Å². The first-order valence-corrected chi connectivity index (χ1v) is 8.25. The topological polar surface area (TPSA) is 88.4 Å². The summed E-state index contributed by atoms with van der Waals surface area (Å²) < 4.78 is 16.1. The molecule has 3 rings (SSSR count). The third kappa shape index (κ3) is 3.34. The van der Waals surface area contributed by atoms with E-state index in [1.165, 1.54) is 13.2 Å². The first-order chi connectivity index (χ1) is 12.6. The lowest BCUT2D eigenvalue weighted by Crippen LogP contribution is -2.13. The van der Waals surface area contributed by atoms with Gasteiger partial charge >= 0.3 is 0 Å². The van der Waals surface area contributed by atoms with E-state index in [0.717, 1.165) is 16.7 Å². The second kappa shape index (κ2) is 7.68. The minimum Gasteiger partial charge on any atom is -0.504 e. The Hall–Kier alpha value is -2.70. The smallest absolute Gasteiger partial charge is 0.165 e. The number of rotatable bonds is 6.